The van der Waals surface area contributed by atoms with Crippen LogP contribution >= 0.6 is 0 Å². The molecule has 7 rings (SSSR count). The van der Waals surface area contributed by atoms with Gasteiger partial charge < -0.3 is 94.7 Å². The van der Waals surface area contributed by atoms with Gasteiger partial charge in [-0.25, -0.2) is 24.0 Å². The summed E-state index contributed by atoms with van der Waals surface area (Å²) in [7, 11) is 1.26. The number of likely N-dealkylation sites (N-methyl/N-ethyl adjacent to an activating group) is 1. The van der Waals surface area contributed by atoms with Crippen molar-refractivity contribution in [2.45, 2.75) is 178 Å². The maximum absolute atomic E-state index is 14.3. The number of aliphatic hydroxyl groups is 4. The van der Waals surface area contributed by atoms with Gasteiger partial charge >= 0.3 is 30.5 Å². The maximum Gasteiger partial charge on any atom is 0.410 e. The van der Waals surface area contributed by atoms with Gasteiger partial charge in [-0.05, 0) is 152 Å². The van der Waals surface area contributed by atoms with Crippen LogP contribution in [0.2, 0.25) is 0 Å². The van der Waals surface area contributed by atoms with E-state index in [0.717, 1.165) is 4.90 Å². The molecule has 0 radical (unpaired) electrons. The van der Waals surface area contributed by atoms with E-state index in [1.165, 1.54) is 86.8 Å². The van der Waals surface area contributed by atoms with Crippen LogP contribution in [0.25, 0.3) is 0 Å². The van der Waals surface area contributed by atoms with Crippen LogP contribution in [0, 0.1) is 42.2 Å². The van der Waals surface area contributed by atoms with Gasteiger partial charge in [-0.2, -0.15) is 0 Å². The topological polar surface area (TPSA) is 453 Å². The van der Waals surface area contributed by atoms with Crippen LogP contribution < -0.4 is 26.6 Å². The van der Waals surface area contributed by atoms with E-state index in [1.807, 2.05) is 0 Å². The normalized spacial score (nSPS) is 24.7. The minimum absolute atomic E-state index is 0.0299. The summed E-state index contributed by atoms with van der Waals surface area (Å²) in [6.07, 6.45) is -13.4. The molecule has 532 valence electrons. The molecule has 34 heteroatoms. The Morgan fingerprint density at radius 2 is 1.21 bits per heavy atom. The fraction of sp³-hybridized carbons (Fsp3) is 0.587. The number of nitrogens with one attached hydrogen (secondary N) is 5. The SMILES string of the molecule is CN(C(=O)OC(C)(C)C)[C@@H]1[C@@H](O)[C@@H](O[C@H]2[C@H](NC(=O)[C@@H](O)CCNC(=O)OCc3ccc([N+](=O)[O-])cc3)C[C@H](NC(=O)OCc3ccc([N+](=O)[O-])cc3)C([C@H]3OC(CNCC4CCN(C(=O)OC(C)(C)C)CC4)=CC[C@H]3NC(=O)OCc3ccc([N+](=O)[O-])cc3)[C@@H]2O)OC[C@]1(C)O. The largest absolute Gasteiger partial charge is 0.491 e. The number of rotatable bonds is 24. The standard InChI is InChI=1S/C63H86N10O24/c1-61(2,3)96-59(81)69(8)53-50(76)55(93-35-63(53,7)83)95-52-46(66-54(77)47(74)23-26-65-56(78)90-32-37-9-15-40(16-10-37)71(84)85)29-45(68-58(80)92-34-39-13-19-42(20-14-39)73(88)89)48(49(52)75)51-44(67-57(79)91-33-38-11-17-41(18-12-38)72(86)87)22-21-43(94-51)31-64-30-36-24-27-70(28-25-36)60(82)97-62(4,5)6/h9-21,36,44-53,55,64,74-76,83H,22-35H2,1-8H3,(H,65,78)(H,66,77)(H,67,79)(H,68,80)/t44-,45+,46-,47+,48?,49+,50-,51+,52+,53-,55-,63+/m1/s1. The van der Waals surface area contributed by atoms with Crippen molar-refractivity contribution in [2.24, 2.45) is 11.8 Å². The highest BCUT2D eigenvalue weighted by molar-refractivity contribution is 5.81. The molecule has 1 unspecified atom stereocenters. The zero-order chi connectivity index (χ0) is 71.1. The van der Waals surface area contributed by atoms with Crippen LogP contribution in [0.5, 0.6) is 0 Å². The Kier molecular flexibility index (Phi) is 25.8. The molecule has 3 aliphatic heterocycles. The van der Waals surface area contributed by atoms with Gasteiger partial charge in [-0.3, -0.25) is 35.1 Å². The molecule has 3 fully saturated rings. The fourth-order valence-corrected chi connectivity index (χ4v) is 11.6. The second kappa shape index (κ2) is 33.3. The van der Waals surface area contributed by atoms with E-state index in [9.17, 15) is 79.5 Å². The van der Waals surface area contributed by atoms with Gasteiger partial charge in [0.15, 0.2) is 6.29 Å². The van der Waals surface area contributed by atoms with Crippen molar-refractivity contribution < 1.29 is 102 Å². The predicted molar refractivity (Wildman–Crippen MR) is 338 cm³/mol. The molecule has 9 N–H and O–H groups in total. The Hall–Kier alpha value is -9.06. The van der Waals surface area contributed by atoms with E-state index in [4.69, 9.17) is 37.9 Å². The smallest absolute Gasteiger partial charge is 0.410 e. The first-order chi connectivity index (χ1) is 45.6. The molecule has 0 bridgehead atoms. The Morgan fingerprint density at radius 3 is 1.70 bits per heavy atom. The van der Waals surface area contributed by atoms with Crippen molar-refractivity contribution in [3.63, 3.8) is 0 Å². The number of hydrogen-bond acceptors (Lipinski definition) is 25. The molecule has 1 saturated carbocycles. The lowest BCUT2D eigenvalue weighted by molar-refractivity contribution is -0.385. The number of non-ortho nitro benzene ring substituents is 3. The lowest BCUT2D eigenvalue weighted by Crippen LogP contribution is -2.71. The number of amides is 6. The summed E-state index contributed by atoms with van der Waals surface area (Å²) in [6, 6.07) is 9.95. The summed E-state index contributed by atoms with van der Waals surface area (Å²) in [4.78, 5) is 116. The Labute approximate surface area is 558 Å². The Bertz CT molecular complexity index is 3270. The summed E-state index contributed by atoms with van der Waals surface area (Å²) >= 11 is 0. The quantitative estimate of drug-likeness (QED) is 0.0329. The van der Waals surface area contributed by atoms with Crippen LogP contribution in [0.15, 0.2) is 84.6 Å². The summed E-state index contributed by atoms with van der Waals surface area (Å²) in [5.41, 5.74) is -3.23. The maximum atomic E-state index is 14.3. The van der Waals surface area contributed by atoms with Gasteiger partial charge in [0, 0.05) is 75.0 Å². The number of ether oxygens (including phenoxy) is 8. The number of carbonyl (C=O) groups excluding carboxylic acids is 6. The molecule has 1 aliphatic carbocycles. The van der Waals surface area contributed by atoms with Gasteiger partial charge in [-0.1, -0.05) is 0 Å². The van der Waals surface area contributed by atoms with Crippen molar-refractivity contribution in [1.29, 1.82) is 0 Å². The number of nitro groups is 3. The van der Waals surface area contributed by atoms with E-state index in [2.05, 4.69) is 26.6 Å². The van der Waals surface area contributed by atoms with E-state index in [1.54, 1.807) is 52.5 Å². The Balaban J connectivity index is 1.20. The second-order valence-corrected chi connectivity index (χ2v) is 26.3. The summed E-state index contributed by atoms with van der Waals surface area (Å²) in [6.45, 7) is 10.8. The average molecular weight is 1370 g/mol. The second-order valence-electron chi connectivity index (χ2n) is 26.3. The monoisotopic (exact) mass is 1370 g/mol. The third-order valence-electron chi connectivity index (χ3n) is 16.4. The lowest BCUT2D eigenvalue weighted by atomic mass is 9.72. The molecule has 0 spiro atoms. The minimum Gasteiger partial charge on any atom is -0.491 e. The van der Waals surface area contributed by atoms with Gasteiger partial charge in [-0.15, -0.1) is 0 Å². The highest BCUT2D eigenvalue weighted by Gasteiger charge is 2.57. The minimum atomic E-state index is -2.00. The number of aliphatic hydroxyl groups excluding tert-OH is 3. The highest BCUT2D eigenvalue weighted by atomic mass is 16.7. The van der Waals surface area contributed by atoms with E-state index < -0.39 is 161 Å². The van der Waals surface area contributed by atoms with Crippen LogP contribution in [0.1, 0.15) is 97.3 Å². The Morgan fingerprint density at radius 1 is 0.711 bits per heavy atom. The summed E-state index contributed by atoms with van der Waals surface area (Å²) in [5.74, 6) is -2.19. The van der Waals surface area contributed by atoms with Crippen molar-refractivity contribution in [3.05, 3.63) is 132 Å². The van der Waals surface area contributed by atoms with Crippen molar-refractivity contribution in [2.75, 3.05) is 46.4 Å². The number of piperidine rings is 1. The van der Waals surface area contributed by atoms with Crippen LogP contribution in [0.4, 0.5) is 41.0 Å². The molecule has 6 amide bonds. The lowest BCUT2D eigenvalue weighted by Gasteiger charge is -2.52. The fourth-order valence-electron chi connectivity index (χ4n) is 11.6. The summed E-state index contributed by atoms with van der Waals surface area (Å²) in [5, 5.41) is 96.5. The number of likely N-dealkylation sites (tertiary alicyclic amines) is 1. The summed E-state index contributed by atoms with van der Waals surface area (Å²) < 4.78 is 46.9. The molecule has 97 heavy (non-hydrogen) atoms. The first-order valence-corrected chi connectivity index (χ1v) is 31.5. The molecule has 34 nitrogen and oxygen atoms in total. The van der Waals surface area contributed by atoms with Gasteiger partial charge in [0.2, 0.25) is 5.91 Å². The van der Waals surface area contributed by atoms with Crippen LogP contribution in [-0.2, 0) is 62.5 Å². The molecule has 4 aliphatic rings. The van der Waals surface area contributed by atoms with E-state index >= 15 is 0 Å². The molecule has 3 heterocycles. The zero-order valence-corrected chi connectivity index (χ0v) is 55.0. The predicted octanol–water partition coefficient (Wildman–Crippen LogP) is 4.84. The van der Waals surface area contributed by atoms with Crippen LogP contribution in [0.3, 0.4) is 0 Å². The first kappa shape index (κ1) is 75.3. The average Bonchev–Trinajstić information content (AvgIpc) is 0.762. The molecular weight excluding hydrogens is 1280 g/mol. The number of benzene rings is 3. The van der Waals surface area contributed by atoms with Crippen molar-refractivity contribution in [1.82, 2.24) is 36.4 Å². The molecular formula is C63H86N10O24. The van der Waals surface area contributed by atoms with Crippen molar-refractivity contribution >= 4 is 53.4 Å². The number of alkyl carbamates (subject to hydrolysis) is 3. The van der Waals surface area contributed by atoms with Crippen LogP contribution in [-0.4, -0.2) is 206 Å². The number of nitrogens with zero attached hydrogens (tertiary/aromatic N) is 5. The van der Waals surface area contributed by atoms with Gasteiger partial charge in [0.1, 0.15) is 66.8 Å². The number of carbonyl (C=O) groups is 6. The van der Waals surface area contributed by atoms with Crippen molar-refractivity contribution in [3.8, 4) is 0 Å². The molecule has 2 saturated heterocycles. The first-order valence-electron chi connectivity index (χ1n) is 31.5. The molecule has 3 aromatic carbocycles. The number of nitro benzene ring substituents is 3. The van der Waals surface area contributed by atoms with Gasteiger partial charge in [0.05, 0.1) is 52.2 Å². The molecule has 3 aromatic rings. The van der Waals surface area contributed by atoms with E-state index in [-0.39, 0.29) is 55.7 Å². The number of hydrogen-bond donors (Lipinski definition) is 9. The third kappa shape index (κ3) is 22.0. The van der Waals surface area contributed by atoms with E-state index in [0.29, 0.717) is 54.9 Å². The molecule has 0 aromatic heterocycles. The third-order valence-corrected chi connectivity index (χ3v) is 16.4. The zero-order valence-electron chi connectivity index (χ0n) is 55.0. The van der Waals surface area contributed by atoms with Gasteiger partial charge in [0.25, 0.3) is 17.1 Å². The molecule has 12 atom stereocenters. The highest BCUT2D eigenvalue weighted by Crippen LogP contribution is 2.39.